The molecule has 24 heavy (non-hydrogen) atoms. The Hall–Kier alpha value is -2.25. The molecule has 0 aliphatic carbocycles. The van der Waals surface area contributed by atoms with Crippen molar-refractivity contribution in [1.82, 2.24) is 14.9 Å². The Labute approximate surface area is 149 Å². The predicted octanol–water partition coefficient (Wildman–Crippen LogP) is 4.59. The molecule has 3 rings (SSSR count). The summed E-state index contributed by atoms with van der Waals surface area (Å²) in [6.45, 7) is 4.62. The molecule has 124 valence electrons. The minimum Gasteiger partial charge on any atom is -0.486 e. The molecule has 0 spiro atoms. The van der Waals surface area contributed by atoms with Crippen LogP contribution >= 0.6 is 23.6 Å². The fourth-order valence-corrected chi connectivity index (χ4v) is 2.92. The van der Waals surface area contributed by atoms with Crippen molar-refractivity contribution in [1.29, 1.82) is 0 Å². The third-order valence-electron chi connectivity index (χ3n) is 3.50. The largest absolute Gasteiger partial charge is 0.486 e. The second kappa shape index (κ2) is 7.55. The molecule has 0 atom stereocenters. The van der Waals surface area contributed by atoms with Crippen molar-refractivity contribution in [3.05, 3.63) is 62.8 Å². The normalized spacial score (nSPS) is 11.5. The van der Waals surface area contributed by atoms with Crippen LogP contribution in [0.5, 0.6) is 5.75 Å². The molecular weight excluding hydrogens is 340 g/mol. The molecule has 1 aromatic carbocycles. The molecule has 0 aliphatic rings. The first-order valence-electron chi connectivity index (χ1n) is 7.59. The maximum atomic E-state index is 5.80. The van der Waals surface area contributed by atoms with Crippen LogP contribution in [0.4, 0.5) is 0 Å². The molecule has 1 N–H and O–H groups in total. The van der Waals surface area contributed by atoms with Gasteiger partial charge in [-0.05, 0) is 52.7 Å². The Morgan fingerprint density at radius 3 is 2.79 bits per heavy atom. The van der Waals surface area contributed by atoms with Crippen LogP contribution in [-0.4, -0.2) is 21.1 Å². The number of rotatable bonds is 6. The number of H-pyrrole nitrogens is 1. The van der Waals surface area contributed by atoms with E-state index in [4.69, 9.17) is 17.0 Å². The molecule has 0 radical (unpaired) electrons. The highest BCUT2D eigenvalue weighted by molar-refractivity contribution is 7.71. The van der Waals surface area contributed by atoms with E-state index in [1.54, 1.807) is 22.2 Å². The Balaban J connectivity index is 1.70. The van der Waals surface area contributed by atoms with Crippen LogP contribution in [0.25, 0.3) is 0 Å². The summed E-state index contributed by atoms with van der Waals surface area (Å²) in [5.74, 6) is 1.92. The summed E-state index contributed by atoms with van der Waals surface area (Å²) in [4.78, 5) is 0. The fraction of sp³-hybridized carbons (Fsp3) is 0.235. The molecule has 7 heteroatoms. The summed E-state index contributed by atoms with van der Waals surface area (Å²) in [5, 5.41) is 15.3. The molecule has 0 aliphatic heterocycles. The summed E-state index contributed by atoms with van der Waals surface area (Å²) in [6.07, 6.45) is 1.75. The number of nitrogens with one attached hydrogen (secondary N) is 1. The van der Waals surface area contributed by atoms with Crippen LogP contribution in [-0.2, 0) is 6.61 Å². The molecule has 0 saturated heterocycles. The monoisotopic (exact) mass is 358 g/mol. The molecule has 0 amide bonds. The van der Waals surface area contributed by atoms with Gasteiger partial charge in [0.25, 0.3) is 0 Å². The van der Waals surface area contributed by atoms with Gasteiger partial charge in [0, 0.05) is 5.56 Å². The lowest BCUT2D eigenvalue weighted by Crippen LogP contribution is -2.04. The summed E-state index contributed by atoms with van der Waals surface area (Å²) in [6, 6.07) is 10.1. The van der Waals surface area contributed by atoms with Crippen LogP contribution in [0.2, 0.25) is 0 Å². The Bertz CT molecular complexity index is 861. The van der Waals surface area contributed by atoms with Crippen molar-refractivity contribution in [2.45, 2.75) is 26.4 Å². The van der Waals surface area contributed by atoms with E-state index >= 15 is 0 Å². The molecule has 5 nitrogen and oxygen atoms in total. The number of aromatic nitrogens is 3. The van der Waals surface area contributed by atoms with Crippen molar-refractivity contribution in [2.24, 2.45) is 5.10 Å². The molecule has 2 aromatic heterocycles. The van der Waals surface area contributed by atoms with E-state index < -0.39 is 0 Å². The fourth-order valence-electron chi connectivity index (χ4n) is 2.11. The molecule has 0 fully saturated rings. The summed E-state index contributed by atoms with van der Waals surface area (Å²) >= 11 is 6.84. The molecular formula is C17H18N4OS2. The van der Waals surface area contributed by atoms with Gasteiger partial charge in [0.1, 0.15) is 12.4 Å². The first-order valence-corrected chi connectivity index (χ1v) is 8.94. The summed E-state index contributed by atoms with van der Waals surface area (Å²) in [5.41, 5.74) is 2.31. The molecule has 3 aromatic rings. The Morgan fingerprint density at radius 2 is 2.12 bits per heavy atom. The van der Waals surface area contributed by atoms with Gasteiger partial charge in [-0.1, -0.05) is 26.0 Å². The quantitative estimate of drug-likeness (QED) is 0.518. The summed E-state index contributed by atoms with van der Waals surface area (Å²) < 4.78 is 7.82. The Kier molecular flexibility index (Phi) is 5.22. The van der Waals surface area contributed by atoms with Crippen LogP contribution < -0.4 is 4.74 Å². The van der Waals surface area contributed by atoms with Gasteiger partial charge in [-0.3, -0.25) is 0 Å². The van der Waals surface area contributed by atoms with Gasteiger partial charge < -0.3 is 4.74 Å². The van der Waals surface area contributed by atoms with Gasteiger partial charge >= 0.3 is 0 Å². The zero-order chi connectivity index (χ0) is 16.9. The lowest BCUT2D eigenvalue weighted by Gasteiger charge is -2.08. The zero-order valence-electron chi connectivity index (χ0n) is 13.5. The highest BCUT2D eigenvalue weighted by Crippen LogP contribution is 2.19. The lowest BCUT2D eigenvalue weighted by atomic mass is 10.0. The second-order valence-corrected chi connectivity index (χ2v) is 6.74. The number of nitrogens with zero attached hydrogens (tertiary/aromatic N) is 3. The predicted molar refractivity (Wildman–Crippen MR) is 99.6 cm³/mol. The van der Waals surface area contributed by atoms with Crippen LogP contribution in [0.3, 0.4) is 0 Å². The zero-order valence-corrected chi connectivity index (χ0v) is 15.1. The van der Waals surface area contributed by atoms with Crippen molar-refractivity contribution < 1.29 is 4.74 Å². The van der Waals surface area contributed by atoms with E-state index in [9.17, 15) is 0 Å². The second-order valence-electron chi connectivity index (χ2n) is 5.57. The van der Waals surface area contributed by atoms with E-state index in [2.05, 4.69) is 41.3 Å². The number of ether oxygens (including phenoxy) is 1. The first kappa shape index (κ1) is 16.6. The van der Waals surface area contributed by atoms with Gasteiger partial charge in [0.2, 0.25) is 4.77 Å². The van der Waals surface area contributed by atoms with Crippen molar-refractivity contribution in [3.8, 4) is 5.75 Å². The standard InChI is InChI=1S/C17H18N4OS2/c1-12(2)14-3-5-15(6-4-14)22-10-16-19-20-17(23)21(16)18-9-13-7-8-24-11-13/h3-9,11-12H,10H2,1-2H3,(H,20,23)/b18-9-. The van der Waals surface area contributed by atoms with E-state index in [1.807, 2.05) is 29.0 Å². The third kappa shape index (κ3) is 3.98. The average Bonchev–Trinajstić information content (AvgIpc) is 3.21. The lowest BCUT2D eigenvalue weighted by molar-refractivity contribution is 0.290. The van der Waals surface area contributed by atoms with Gasteiger partial charge in [-0.2, -0.15) is 26.2 Å². The van der Waals surface area contributed by atoms with Crippen molar-refractivity contribution >= 4 is 29.8 Å². The SMILES string of the molecule is CC(C)c1ccc(OCc2n[nH]c(=S)n2/N=C\c2ccsc2)cc1. The number of thiophene rings is 1. The smallest absolute Gasteiger partial charge is 0.216 e. The van der Waals surface area contributed by atoms with Crippen LogP contribution in [0, 0.1) is 4.77 Å². The van der Waals surface area contributed by atoms with Crippen molar-refractivity contribution in [3.63, 3.8) is 0 Å². The number of aromatic amines is 1. The van der Waals surface area contributed by atoms with E-state index in [0.717, 1.165) is 11.3 Å². The third-order valence-corrected chi connectivity index (χ3v) is 4.46. The maximum Gasteiger partial charge on any atom is 0.216 e. The maximum absolute atomic E-state index is 5.80. The average molecular weight is 358 g/mol. The number of hydrogen-bond acceptors (Lipinski definition) is 5. The highest BCUT2D eigenvalue weighted by Gasteiger charge is 2.07. The van der Waals surface area contributed by atoms with Gasteiger partial charge in [0.15, 0.2) is 5.82 Å². The van der Waals surface area contributed by atoms with Crippen LogP contribution in [0.15, 0.2) is 46.2 Å². The molecule has 0 bridgehead atoms. The van der Waals surface area contributed by atoms with E-state index in [1.165, 1.54) is 5.56 Å². The van der Waals surface area contributed by atoms with Gasteiger partial charge in [-0.15, -0.1) is 0 Å². The Morgan fingerprint density at radius 1 is 1.33 bits per heavy atom. The van der Waals surface area contributed by atoms with E-state index in [-0.39, 0.29) is 6.61 Å². The van der Waals surface area contributed by atoms with Gasteiger partial charge in [-0.25, -0.2) is 5.10 Å². The molecule has 0 saturated carbocycles. The van der Waals surface area contributed by atoms with Crippen molar-refractivity contribution in [2.75, 3.05) is 0 Å². The topological polar surface area (TPSA) is 55.2 Å². The number of hydrogen-bond donors (Lipinski definition) is 1. The first-order chi connectivity index (χ1) is 11.6. The number of benzene rings is 1. The van der Waals surface area contributed by atoms with Gasteiger partial charge in [0.05, 0.1) is 6.21 Å². The minimum absolute atomic E-state index is 0.287. The van der Waals surface area contributed by atoms with Crippen LogP contribution in [0.1, 0.15) is 36.7 Å². The highest BCUT2D eigenvalue weighted by atomic mass is 32.1. The van der Waals surface area contributed by atoms with E-state index in [0.29, 0.717) is 16.5 Å². The minimum atomic E-state index is 0.287. The molecule has 0 unspecified atom stereocenters. The summed E-state index contributed by atoms with van der Waals surface area (Å²) in [7, 11) is 0. The molecule has 2 heterocycles.